The molecular weight excluding hydrogens is 304 g/mol. The molecule has 0 atom stereocenters. The first-order chi connectivity index (χ1) is 12.2. The van der Waals surface area contributed by atoms with E-state index in [1.807, 2.05) is 0 Å². The van der Waals surface area contributed by atoms with E-state index < -0.39 is 0 Å². The molecule has 5 rings (SSSR count). The van der Waals surface area contributed by atoms with Gasteiger partial charge in [-0.2, -0.15) is 0 Å². The molecule has 0 aromatic heterocycles. The average molecular weight is 322 g/mol. The van der Waals surface area contributed by atoms with Crippen LogP contribution in [0.1, 0.15) is 11.3 Å². The topological polar surface area (TPSA) is 13.1 Å². The molecule has 0 amide bonds. The monoisotopic (exact) mass is 322 g/mol. The maximum absolute atomic E-state index is 6.19. The SMILES string of the molecule is Cc1ccc2oc(C)c3c4ccccc4c(-c4ccccc4)c-3c2c1. The summed E-state index contributed by atoms with van der Waals surface area (Å²) in [5.41, 5.74) is 7.28. The van der Waals surface area contributed by atoms with Crippen LogP contribution in [0, 0.1) is 13.8 Å². The van der Waals surface area contributed by atoms with Crippen molar-refractivity contribution in [2.75, 3.05) is 0 Å². The molecule has 1 nitrogen and oxygen atoms in total. The van der Waals surface area contributed by atoms with Gasteiger partial charge in [0.1, 0.15) is 11.3 Å². The zero-order chi connectivity index (χ0) is 17.0. The van der Waals surface area contributed by atoms with E-state index in [9.17, 15) is 0 Å². The number of aryl methyl sites for hydroxylation is 2. The summed E-state index contributed by atoms with van der Waals surface area (Å²) in [6.45, 7) is 4.21. The Balaban J connectivity index is 2.09. The third-order valence-electron chi connectivity index (χ3n) is 5.05. The fourth-order valence-corrected chi connectivity index (χ4v) is 4.00. The van der Waals surface area contributed by atoms with Gasteiger partial charge in [-0.1, -0.05) is 66.2 Å². The Morgan fingerprint density at radius 1 is 0.600 bits per heavy atom. The minimum atomic E-state index is 0.947. The lowest BCUT2D eigenvalue weighted by Gasteiger charge is -2.12. The van der Waals surface area contributed by atoms with Crippen LogP contribution in [0.5, 0.6) is 0 Å². The summed E-state index contributed by atoms with van der Waals surface area (Å²) in [5, 5.41) is 3.74. The molecule has 3 aromatic carbocycles. The molecule has 0 unspecified atom stereocenters. The molecule has 0 spiro atoms. The summed E-state index contributed by atoms with van der Waals surface area (Å²) in [6, 6.07) is 25.8. The number of rotatable bonds is 1. The van der Waals surface area contributed by atoms with Gasteiger partial charge in [0.15, 0.2) is 0 Å². The van der Waals surface area contributed by atoms with Crippen molar-refractivity contribution in [3.63, 3.8) is 0 Å². The molecule has 0 fully saturated rings. The Hall–Kier alpha value is -3.06. The molecule has 3 aromatic rings. The van der Waals surface area contributed by atoms with Crippen molar-refractivity contribution < 1.29 is 4.42 Å². The maximum atomic E-state index is 6.19. The van der Waals surface area contributed by atoms with Crippen LogP contribution in [0.2, 0.25) is 0 Å². The Kier molecular flexibility index (Phi) is 2.98. The molecule has 120 valence electrons. The van der Waals surface area contributed by atoms with Gasteiger partial charge in [0.2, 0.25) is 0 Å². The molecule has 1 heteroatoms. The second kappa shape index (κ2) is 5.22. The molecule has 0 saturated heterocycles. The zero-order valence-corrected chi connectivity index (χ0v) is 14.3. The minimum Gasteiger partial charge on any atom is -0.461 e. The van der Waals surface area contributed by atoms with Crippen LogP contribution in [0.15, 0.2) is 77.2 Å². The van der Waals surface area contributed by atoms with Gasteiger partial charge in [-0.15, -0.1) is 0 Å². The Bertz CT molecular complexity index is 1200. The Labute approximate surface area is 146 Å². The van der Waals surface area contributed by atoms with Gasteiger partial charge in [-0.25, -0.2) is 0 Å². The number of hydrogen-bond acceptors (Lipinski definition) is 1. The number of fused-ring (bicyclic) bond motifs is 5. The van der Waals surface area contributed by atoms with Crippen LogP contribution >= 0.6 is 0 Å². The number of hydrogen-bond donors (Lipinski definition) is 0. The lowest BCUT2D eigenvalue weighted by Crippen LogP contribution is -1.88. The maximum Gasteiger partial charge on any atom is 0.134 e. The summed E-state index contributed by atoms with van der Waals surface area (Å²) in [4.78, 5) is 0. The fourth-order valence-electron chi connectivity index (χ4n) is 4.00. The Morgan fingerprint density at radius 2 is 1.28 bits per heavy atom. The Morgan fingerprint density at radius 3 is 2.04 bits per heavy atom. The molecule has 1 heterocycles. The lowest BCUT2D eigenvalue weighted by atomic mass is 9.95. The molecule has 0 bridgehead atoms. The highest BCUT2D eigenvalue weighted by Crippen LogP contribution is 2.49. The summed E-state index contributed by atoms with van der Waals surface area (Å²) >= 11 is 0. The van der Waals surface area contributed by atoms with E-state index in [4.69, 9.17) is 4.42 Å². The third kappa shape index (κ3) is 2.02. The number of benzene rings is 3. The molecule has 0 radical (unpaired) electrons. The summed E-state index contributed by atoms with van der Waals surface area (Å²) in [5.74, 6) is 0.977. The highest BCUT2D eigenvalue weighted by Gasteiger charge is 2.24. The first-order valence-electron chi connectivity index (χ1n) is 8.63. The predicted molar refractivity (Wildman–Crippen MR) is 105 cm³/mol. The van der Waals surface area contributed by atoms with Crippen molar-refractivity contribution in [3.05, 3.63) is 84.1 Å². The van der Waals surface area contributed by atoms with Crippen LogP contribution in [-0.2, 0) is 0 Å². The minimum absolute atomic E-state index is 0.947. The van der Waals surface area contributed by atoms with Gasteiger partial charge < -0.3 is 4.42 Å². The van der Waals surface area contributed by atoms with E-state index in [1.54, 1.807) is 0 Å². The van der Waals surface area contributed by atoms with Gasteiger partial charge in [-0.05, 0) is 47.9 Å². The quantitative estimate of drug-likeness (QED) is 0.324. The summed E-state index contributed by atoms with van der Waals surface area (Å²) in [6.07, 6.45) is 0. The first kappa shape index (κ1) is 14.3. The van der Waals surface area contributed by atoms with E-state index in [1.165, 1.54) is 44.0 Å². The molecular formula is C24H18O. The van der Waals surface area contributed by atoms with E-state index in [0.29, 0.717) is 0 Å². The second-order valence-corrected chi connectivity index (χ2v) is 6.69. The van der Waals surface area contributed by atoms with Gasteiger partial charge >= 0.3 is 0 Å². The van der Waals surface area contributed by atoms with Gasteiger partial charge in [0.25, 0.3) is 0 Å². The normalized spacial score (nSPS) is 11.6. The molecule has 1 aliphatic heterocycles. The molecule has 0 N–H and O–H groups in total. The van der Waals surface area contributed by atoms with Crippen molar-refractivity contribution in [1.29, 1.82) is 0 Å². The molecule has 1 aliphatic carbocycles. The van der Waals surface area contributed by atoms with E-state index in [2.05, 4.69) is 86.6 Å². The van der Waals surface area contributed by atoms with Crippen molar-refractivity contribution in [1.82, 2.24) is 0 Å². The summed E-state index contributed by atoms with van der Waals surface area (Å²) in [7, 11) is 0. The highest BCUT2D eigenvalue weighted by atomic mass is 16.3. The van der Waals surface area contributed by atoms with Crippen molar-refractivity contribution in [2.45, 2.75) is 13.8 Å². The highest BCUT2D eigenvalue weighted by molar-refractivity contribution is 6.21. The molecule has 2 aliphatic rings. The van der Waals surface area contributed by atoms with E-state index >= 15 is 0 Å². The van der Waals surface area contributed by atoms with E-state index in [-0.39, 0.29) is 0 Å². The van der Waals surface area contributed by atoms with Crippen molar-refractivity contribution >= 4 is 21.7 Å². The van der Waals surface area contributed by atoms with Crippen molar-refractivity contribution in [2.24, 2.45) is 0 Å². The van der Waals surface area contributed by atoms with Crippen LogP contribution in [-0.4, -0.2) is 0 Å². The molecule has 25 heavy (non-hydrogen) atoms. The first-order valence-corrected chi connectivity index (χ1v) is 8.63. The molecule has 0 saturated carbocycles. The zero-order valence-electron chi connectivity index (χ0n) is 14.3. The second-order valence-electron chi connectivity index (χ2n) is 6.69. The smallest absolute Gasteiger partial charge is 0.134 e. The van der Waals surface area contributed by atoms with Crippen LogP contribution in [0.3, 0.4) is 0 Å². The predicted octanol–water partition coefficient (Wildman–Crippen LogP) is 6.97. The average Bonchev–Trinajstić information content (AvgIpc) is 2.99. The van der Waals surface area contributed by atoms with Crippen molar-refractivity contribution in [3.8, 4) is 22.3 Å². The van der Waals surface area contributed by atoms with Gasteiger partial charge in [0, 0.05) is 16.5 Å². The van der Waals surface area contributed by atoms with E-state index in [0.717, 1.165) is 11.3 Å². The van der Waals surface area contributed by atoms with Crippen LogP contribution < -0.4 is 0 Å². The third-order valence-corrected chi connectivity index (χ3v) is 5.05. The van der Waals surface area contributed by atoms with Gasteiger partial charge in [0.05, 0.1) is 0 Å². The lowest BCUT2D eigenvalue weighted by molar-refractivity contribution is 0.569. The standard InChI is InChI=1S/C24H18O/c1-15-12-13-21-20(14-15)24-22(16(2)25-21)18-10-6-7-11-19(18)23(24)17-8-4-3-5-9-17/h3-14H,1-2H3. The summed E-state index contributed by atoms with van der Waals surface area (Å²) < 4.78 is 6.19. The van der Waals surface area contributed by atoms with Crippen LogP contribution in [0.25, 0.3) is 44.0 Å². The van der Waals surface area contributed by atoms with Gasteiger partial charge in [-0.3, -0.25) is 0 Å². The fraction of sp³-hybridized carbons (Fsp3) is 0.0833. The van der Waals surface area contributed by atoms with Crippen LogP contribution in [0.4, 0.5) is 0 Å². The largest absolute Gasteiger partial charge is 0.461 e.